The van der Waals surface area contributed by atoms with Gasteiger partial charge >= 0.3 is 7.12 Å². The Morgan fingerprint density at radius 3 is 1.90 bits per heavy atom. The first-order valence-corrected chi connectivity index (χ1v) is 11.4. The van der Waals surface area contributed by atoms with Crippen molar-refractivity contribution in [3.63, 3.8) is 0 Å². The third-order valence-electron chi connectivity index (χ3n) is 9.15. The SMILES string of the molecule is CC1(C)OB(c2ccc3c(c2)C24CCCC2(CCC4)c2ccccc2-3)OC1(C)C. The first-order chi connectivity index (χ1) is 13.8. The highest BCUT2D eigenvalue weighted by Crippen LogP contribution is 2.69. The minimum absolute atomic E-state index is 0.281. The van der Waals surface area contributed by atoms with Crippen LogP contribution in [0.25, 0.3) is 11.1 Å². The molecular weight excluding hydrogens is 355 g/mol. The van der Waals surface area contributed by atoms with Crippen molar-refractivity contribution in [2.45, 2.75) is 88.3 Å². The number of hydrogen-bond acceptors (Lipinski definition) is 2. The van der Waals surface area contributed by atoms with E-state index >= 15 is 0 Å². The van der Waals surface area contributed by atoms with E-state index in [1.807, 2.05) is 0 Å². The molecule has 3 aliphatic carbocycles. The molecule has 0 bridgehead atoms. The van der Waals surface area contributed by atoms with Gasteiger partial charge in [0.1, 0.15) is 0 Å². The topological polar surface area (TPSA) is 18.5 Å². The van der Waals surface area contributed by atoms with Gasteiger partial charge in [0.2, 0.25) is 0 Å². The van der Waals surface area contributed by atoms with Gasteiger partial charge < -0.3 is 9.31 Å². The highest BCUT2D eigenvalue weighted by molar-refractivity contribution is 6.62. The van der Waals surface area contributed by atoms with Crippen molar-refractivity contribution in [2.75, 3.05) is 0 Å². The smallest absolute Gasteiger partial charge is 0.399 e. The van der Waals surface area contributed by atoms with Gasteiger partial charge in [-0.25, -0.2) is 0 Å². The second kappa shape index (κ2) is 5.56. The van der Waals surface area contributed by atoms with Crippen molar-refractivity contribution in [2.24, 2.45) is 0 Å². The lowest BCUT2D eigenvalue weighted by Gasteiger charge is -2.48. The molecule has 29 heavy (non-hydrogen) atoms. The van der Waals surface area contributed by atoms with E-state index in [-0.39, 0.29) is 18.3 Å². The molecular formula is C26H31BO2. The molecule has 0 amide bonds. The predicted octanol–water partition coefficient (Wildman–Crippen LogP) is 5.51. The van der Waals surface area contributed by atoms with E-state index in [4.69, 9.17) is 9.31 Å². The van der Waals surface area contributed by atoms with Crippen molar-refractivity contribution >= 4 is 12.6 Å². The zero-order chi connectivity index (χ0) is 20.1. The monoisotopic (exact) mass is 386 g/mol. The first kappa shape index (κ1) is 18.2. The minimum atomic E-state index is -0.303. The lowest BCUT2D eigenvalue weighted by atomic mass is 9.55. The summed E-state index contributed by atoms with van der Waals surface area (Å²) in [6, 6.07) is 16.3. The molecule has 4 aliphatic rings. The molecule has 2 nitrogen and oxygen atoms in total. The average Bonchev–Trinajstić information content (AvgIpc) is 3.30. The van der Waals surface area contributed by atoms with Gasteiger partial charge in [0.05, 0.1) is 11.2 Å². The molecule has 0 atom stereocenters. The van der Waals surface area contributed by atoms with Crippen LogP contribution in [0.2, 0.25) is 0 Å². The van der Waals surface area contributed by atoms with Gasteiger partial charge in [-0.15, -0.1) is 0 Å². The van der Waals surface area contributed by atoms with E-state index in [0.29, 0.717) is 10.8 Å². The highest BCUT2D eigenvalue weighted by atomic mass is 16.7. The van der Waals surface area contributed by atoms with E-state index in [1.165, 1.54) is 55.1 Å². The Kier molecular flexibility index (Phi) is 3.49. The highest BCUT2D eigenvalue weighted by Gasteiger charge is 2.62. The summed E-state index contributed by atoms with van der Waals surface area (Å²) in [5, 5.41) is 0. The third-order valence-corrected chi connectivity index (χ3v) is 9.15. The molecule has 3 fully saturated rings. The second-order valence-electron chi connectivity index (χ2n) is 10.8. The fraction of sp³-hybridized carbons (Fsp3) is 0.538. The molecule has 1 aliphatic heterocycles. The van der Waals surface area contributed by atoms with Gasteiger partial charge in [-0.1, -0.05) is 55.3 Å². The summed E-state index contributed by atoms with van der Waals surface area (Å²) in [6.07, 6.45) is 8.00. The van der Waals surface area contributed by atoms with Gasteiger partial charge in [-0.2, -0.15) is 0 Å². The maximum absolute atomic E-state index is 6.41. The minimum Gasteiger partial charge on any atom is -0.399 e. The Labute approximate surface area is 175 Å². The zero-order valence-corrected chi connectivity index (χ0v) is 18.2. The molecule has 2 aromatic rings. The van der Waals surface area contributed by atoms with Crippen LogP contribution in [0, 0.1) is 0 Å². The van der Waals surface area contributed by atoms with Gasteiger partial charge in [0.15, 0.2) is 0 Å². The van der Waals surface area contributed by atoms with Gasteiger partial charge in [0, 0.05) is 10.8 Å². The summed E-state index contributed by atoms with van der Waals surface area (Å²) in [5.74, 6) is 0. The van der Waals surface area contributed by atoms with Crippen LogP contribution in [0.1, 0.15) is 77.3 Å². The molecule has 1 heterocycles. The predicted molar refractivity (Wildman–Crippen MR) is 119 cm³/mol. The van der Waals surface area contributed by atoms with E-state index in [0.717, 1.165) is 0 Å². The summed E-state index contributed by atoms with van der Waals surface area (Å²) < 4.78 is 12.8. The fourth-order valence-corrected chi connectivity index (χ4v) is 7.10. The van der Waals surface area contributed by atoms with Crippen LogP contribution in [0.15, 0.2) is 42.5 Å². The van der Waals surface area contributed by atoms with Gasteiger partial charge in [-0.05, 0) is 81.1 Å². The molecule has 0 aromatic heterocycles. The summed E-state index contributed by atoms with van der Waals surface area (Å²) >= 11 is 0. The van der Waals surface area contributed by atoms with Crippen LogP contribution in [0.3, 0.4) is 0 Å². The maximum Gasteiger partial charge on any atom is 0.494 e. The summed E-state index contributed by atoms with van der Waals surface area (Å²) in [7, 11) is -0.281. The normalized spacial score (nSPS) is 33.2. The van der Waals surface area contributed by atoms with E-state index in [1.54, 1.807) is 11.1 Å². The van der Waals surface area contributed by atoms with Crippen molar-refractivity contribution in [1.29, 1.82) is 0 Å². The van der Waals surface area contributed by atoms with Crippen LogP contribution < -0.4 is 5.46 Å². The molecule has 0 spiro atoms. The second-order valence-corrected chi connectivity index (χ2v) is 10.8. The Morgan fingerprint density at radius 1 is 0.690 bits per heavy atom. The Morgan fingerprint density at radius 2 is 1.24 bits per heavy atom. The van der Waals surface area contributed by atoms with Crippen molar-refractivity contribution < 1.29 is 9.31 Å². The Bertz CT molecular complexity index is 980. The van der Waals surface area contributed by atoms with Crippen molar-refractivity contribution in [1.82, 2.24) is 0 Å². The Hall–Kier alpha value is -1.58. The molecule has 150 valence electrons. The zero-order valence-electron chi connectivity index (χ0n) is 18.2. The number of hydrogen-bond donors (Lipinski definition) is 0. The van der Waals surface area contributed by atoms with E-state index < -0.39 is 0 Å². The molecule has 1 saturated heterocycles. The van der Waals surface area contributed by atoms with E-state index in [2.05, 4.69) is 70.2 Å². The van der Waals surface area contributed by atoms with Crippen molar-refractivity contribution in [3.8, 4) is 11.1 Å². The summed E-state index contributed by atoms with van der Waals surface area (Å²) in [4.78, 5) is 0. The lowest BCUT2D eigenvalue weighted by molar-refractivity contribution is 0.00578. The molecule has 0 unspecified atom stereocenters. The average molecular weight is 386 g/mol. The van der Waals surface area contributed by atoms with Crippen LogP contribution >= 0.6 is 0 Å². The number of rotatable bonds is 1. The van der Waals surface area contributed by atoms with Crippen LogP contribution in [-0.2, 0) is 20.1 Å². The standard InChI is InChI=1S/C26H31BO2/c1-23(2)24(3,4)29-27(28-23)18-11-12-20-19-9-5-6-10-21(19)25-13-7-15-26(25,16-8-14-25)22(20)17-18/h5-6,9-12,17H,7-8,13-16H2,1-4H3. The molecule has 6 rings (SSSR count). The molecule has 0 radical (unpaired) electrons. The summed E-state index contributed by atoms with van der Waals surface area (Å²) in [6.45, 7) is 8.55. The molecule has 2 saturated carbocycles. The molecule has 2 aromatic carbocycles. The molecule has 3 heteroatoms. The van der Waals surface area contributed by atoms with Crippen LogP contribution in [-0.4, -0.2) is 18.3 Å². The lowest BCUT2D eigenvalue weighted by Crippen LogP contribution is -2.45. The largest absolute Gasteiger partial charge is 0.494 e. The third kappa shape index (κ3) is 2.11. The van der Waals surface area contributed by atoms with Gasteiger partial charge in [0.25, 0.3) is 0 Å². The maximum atomic E-state index is 6.41. The number of benzene rings is 2. The van der Waals surface area contributed by atoms with Crippen molar-refractivity contribution in [3.05, 3.63) is 53.6 Å². The quantitative estimate of drug-likeness (QED) is 0.602. The summed E-state index contributed by atoms with van der Waals surface area (Å²) in [5.41, 5.74) is 7.31. The van der Waals surface area contributed by atoms with Crippen LogP contribution in [0.4, 0.5) is 0 Å². The van der Waals surface area contributed by atoms with E-state index in [9.17, 15) is 0 Å². The number of fused-ring (bicyclic) bond motifs is 3. The van der Waals surface area contributed by atoms with Crippen LogP contribution in [0.5, 0.6) is 0 Å². The van der Waals surface area contributed by atoms with Gasteiger partial charge in [-0.3, -0.25) is 0 Å². The Balaban J connectivity index is 1.54. The first-order valence-electron chi connectivity index (χ1n) is 11.4. The molecule has 0 N–H and O–H groups in total. The fourth-order valence-electron chi connectivity index (χ4n) is 7.10.